The molecule has 0 atom stereocenters. The van der Waals surface area contributed by atoms with E-state index in [1.807, 2.05) is 12.1 Å². The van der Waals surface area contributed by atoms with E-state index in [4.69, 9.17) is 9.52 Å². The fraction of sp³-hybridized carbons (Fsp3) is 0. The molecule has 0 aliphatic carbocycles. The zero-order valence-electron chi connectivity index (χ0n) is 6.73. The summed E-state index contributed by atoms with van der Waals surface area (Å²) in [5.74, 6) is 0. The number of aliphatic hydroxyl groups excluding tert-OH is 1. The molecule has 2 rings (SSSR count). The van der Waals surface area contributed by atoms with Crippen LogP contribution in [0.2, 0.25) is 0 Å². The lowest BCUT2D eigenvalue weighted by molar-refractivity contribution is 0.407. The molecule has 0 bridgehead atoms. The Labute approximate surface area is 74.2 Å². The molecule has 3 nitrogen and oxygen atoms in total. The molecular weight excluding hydrogens is 168 g/mol. The molecule has 0 saturated carbocycles. The number of aliphatic hydroxyl groups is 1. The highest BCUT2D eigenvalue weighted by atomic mass is 16.4. The topological polar surface area (TPSA) is 50.4 Å². The molecule has 0 fully saturated rings. The van der Waals surface area contributed by atoms with Gasteiger partial charge in [0.2, 0.25) is 0 Å². The lowest BCUT2D eigenvalue weighted by Gasteiger charge is -1.97. The van der Waals surface area contributed by atoms with Crippen molar-refractivity contribution in [1.82, 2.24) is 0 Å². The third-order valence-electron chi connectivity index (χ3n) is 1.81. The van der Waals surface area contributed by atoms with Crippen LogP contribution in [0, 0.1) is 6.61 Å². The van der Waals surface area contributed by atoms with Crippen molar-refractivity contribution in [1.29, 1.82) is 0 Å². The molecule has 1 heterocycles. The fourth-order valence-electron chi connectivity index (χ4n) is 1.17. The Balaban J connectivity index is 2.81. The van der Waals surface area contributed by atoms with Gasteiger partial charge in [-0.15, -0.1) is 0 Å². The van der Waals surface area contributed by atoms with E-state index < -0.39 is 5.63 Å². The average molecular weight is 175 g/mol. The van der Waals surface area contributed by atoms with Crippen LogP contribution in [0.5, 0.6) is 0 Å². The second-order valence-electron chi connectivity index (χ2n) is 2.66. The minimum atomic E-state index is -0.527. The Morgan fingerprint density at radius 1 is 1.31 bits per heavy atom. The minimum absolute atomic E-state index is 0.165. The average Bonchev–Trinajstić information content (AvgIpc) is 2.17. The lowest BCUT2D eigenvalue weighted by atomic mass is 10.2. The van der Waals surface area contributed by atoms with Gasteiger partial charge in [-0.1, -0.05) is 18.2 Å². The van der Waals surface area contributed by atoms with Gasteiger partial charge in [-0.3, -0.25) is 0 Å². The molecule has 0 amide bonds. The van der Waals surface area contributed by atoms with E-state index in [2.05, 4.69) is 0 Å². The number of fused-ring (bicyclic) bond motifs is 1. The predicted molar refractivity (Wildman–Crippen MR) is 47.8 cm³/mol. The molecule has 1 aromatic heterocycles. The molecule has 0 spiro atoms. The highest BCUT2D eigenvalue weighted by Gasteiger charge is 2.02. The Bertz CT molecular complexity index is 485. The zero-order chi connectivity index (χ0) is 9.26. The van der Waals surface area contributed by atoms with E-state index in [9.17, 15) is 4.79 Å². The minimum Gasteiger partial charge on any atom is -0.422 e. The first-order chi connectivity index (χ1) is 6.31. The van der Waals surface area contributed by atoms with Gasteiger partial charge in [0, 0.05) is 5.39 Å². The summed E-state index contributed by atoms with van der Waals surface area (Å²) in [6, 6.07) is 8.72. The van der Waals surface area contributed by atoms with E-state index in [0.29, 0.717) is 5.58 Å². The summed E-state index contributed by atoms with van der Waals surface area (Å²) >= 11 is 0. The smallest absolute Gasteiger partial charge is 0.342 e. The maximum atomic E-state index is 11.1. The number of hydrogen-bond donors (Lipinski definition) is 1. The molecule has 13 heavy (non-hydrogen) atoms. The quantitative estimate of drug-likeness (QED) is 0.671. The van der Waals surface area contributed by atoms with Crippen molar-refractivity contribution in [3.05, 3.63) is 52.9 Å². The molecule has 0 unspecified atom stereocenters. The number of benzene rings is 1. The molecule has 0 saturated heterocycles. The Kier molecular flexibility index (Phi) is 1.87. The lowest BCUT2D eigenvalue weighted by Crippen LogP contribution is -2.04. The van der Waals surface area contributed by atoms with Crippen LogP contribution in [0.1, 0.15) is 5.56 Å². The summed E-state index contributed by atoms with van der Waals surface area (Å²) < 4.78 is 4.94. The van der Waals surface area contributed by atoms with E-state index >= 15 is 0 Å². The molecule has 1 radical (unpaired) electrons. The summed E-state index contributed by atoms with van der Waals surface area (Å²) in [5, 5.41) is 9.49. The fourth-order valence-corrected chi connectivity index (χ4v) is 1.17. The van der Waals surface area contributed by atoms with Crippen LogP contribution in [-0.4, -0.2) is 5.11 Å². The summed E-state index contributed by atoms with van der Waals surface area (Å²) in [7, 11) is 0. The monoisotopic (exact) mass is 175 g/mol. The largest absolute Gasteiger partial charge is 0.422 e. The van der Waals surface area contributed by atoms with Crippen LogP contribution in [0.3, 0.4) is 0 Å². The molecule has 0 aliphatic heterocycles. The second-order valence-corrected chi connectivity index (χ2v) is 2.66. The summed E-state index contributed by atoms with van der Waals surface area (Å²) in [4.78, 5) is 11.1. The third-order valence-corrected chi connectivity index (χ3v) is 1.81. The Morgan fingerprint density at radius 2 is 2.08 bits per heavy atom. The van der Waals surface area contributed by atoms with Crippen molar-refractivity contribution in [3.63, 3.8) is 0 Å². The van der Waals surface area contributed by atoms with Crippen LogP contribution in [0.4, 0.5) is 0 Å². The number of rotatable bonds is 1. The van der Waals surface area contributed by atoms with Crippen LogP contribution in [0.25, 0.3) is 11.0 Å². The van der Waals surface area contributed by atoms with Gasteiger partial charge in [0.1, 0.15) is 12.2 Å². The molecule has 1 N–H and O–H groups in total. The second kappa shape index (κ2) is 3.03. The van der Waals surface area contributed by atoms with Crippen molar-refractivity contribution in [3.8, 4) is 0 Å². The van der Waals surface area contributed by atoms with Crippen molar-refractivity contribution < 1.29 is 9.52 Å². The molecule has 2 aromatic rings. The molecule has 65 valence electrons. The van der Waals surface area contributed by atoms with E-state index in [0.717, 1.165) is 12.0 Å². The van der Waals surface area contributed by atoms with E-state index in [-0.39, 0.29) is 5.56 Å². The van der Waals surface area contributed by atoms with Crippen molar-refractivity contribution in [2.24, 2.45) is 0 Å². The Morgan fingerprint density at radius 3 is 2.85 bits per heavy atom. The first-order valence-corrected chi connectivity index (χ1v) is 3.81. The van der Waals surface area contributed by atoms with Gasteiger partial charge in [-0.25, -0.2) is 4.79 Å². The Hall–Kier alpha value is -1.61. The van der Waals surface area contributed by atoms with Crippen LogP contribution >= 0.6 is 0 Å². The van der Waals surface area contributed by atoms with Crippen molar-refractivity contribution in [2.75, 3.05) is 0 Å². The maximum Gasteiger partial charge on any atom is 0.342 e. The third kappa shape index (κ3) is 1.34. The van der Waals surface area contributed by atoms with Crippen molar-refractivity contribution >= 4 is 11.0 Å². The summed E-state index contributed by atoms with van der Waals surface area (Å²) in [5.41, 5.74) is 0.165. The number of para-hydroxylation sites is 1. The van der Waals surface area contributed by atoms with E-state index in [1.165, 1.54) is 0 Å². The first-order valence-electron chi connectivity index (χ1n) is 3.81. The summed E-state index contributed by atoms with van der Waals surface area (Å²) in [6.45, 7) is 0.748. The van der Waals surface area contributed by atoms with E-state index in [1.54, 1.807) is 18.2 Å². The molecule has 0 aliphatic rings. The summed E-state index contributed by atoms with van der Waals surface area (Å²) in [6.07, 6.45) is 0. The van der Waals surface area contributed by atoms with Crippen LogP contribution in [0.15, 0.2) is 39.5 Å². The first kappa shape index (κ1) is 8.01. The van der Waals surface area contributed by atoms with Crippen molar-refractivity contribution in [2.45, 2.75) is 0 Å². The van der Waals surface area contributed by atoms with Gasteiger partial charge in [0.15, 0.2) is 0 Å². The number of hydrogen-bond acceptors (Lipinski definition) is 3. The van der Waals surface area contributed by atoms with Gasteiger partial charge < -0.3 is 9.52 Å². The van der Waals surface area contributed by atoms with Crippen LogP contribution < -0.4 is 5.63 Å². The standard InChI is InChI=1S/C10H7O3/c11-6-8-5-7-3-1-2-4-9(7)13-10(8)12/h1-6,11H. The zero-order valence-corrected chi connectivity index (χ0v) is 6.73. The molecule has 3 heteroatoms. The predicted octanol–water partition coefficient (Wildman–Crippen LogP) is 1.68. The van der Waals surface area contributed by atoms with Gasteiger partial charge in [0.05, 0.1) is 5.56 Å². The highest BCUT2D eigenvalue weighted by Crippen LogP contribution is 2.12. The highest BCUT2D eigenvalue weighted by molar-refractivity contribution is 5.76. The van der Waals surface area contributed by atoms with Gasteiger partial charge in [-0.05, 0) is 12.1 Å². The van der Waals surface area contributed by atoms with Gasteiger partial charge >= 0.3 is 5.63 Å². The van der Waals surface area contributed by atoms with Crippen LogP contribution in [-0.2, 0) is 0 Å². The maximum absolute atomic E-state index is 11.1. The van der Waals surface area contributed by atoms with Gasteiger partial charge in [0.25, 0.3) is 0 Å². The molecule has 1 aromatic carbocycles. The normalized spacial score (nSPS) is 10.5. The SMILES string of the molecule is O=c1oc2ccccc2cc1[CH]O. The van der Waals surface area contributed by atoms with Gasteiger partial charge in [-0.2, -0.15) is 0 Å². The molecular formula is C10H7O3.